The average Bonchev–Trinajstić information content (AvgIpc) is 2.81. The van der Waals surface area contributed by atoms with E-state index >= 15 is 0 Å². The third-order valence-corrected chi connectivity index (χ3v) is 5.76. The summed E-state index contributed by atoms with van der Waals surface area (Å²) in [6.07, 6.45) is 1.83. The zero-order valence-electron chi connectivity index (χ0n) is 17.3. The van der Waals surface area contributed by atoms with Crippen molar-refractivity contribution >= 4 is 21.5 Å². The lowest BCUT2D eigenvalue weighted by atomic mass is 9.96. The fourth-order valence-electron chi connectivity index (χ4n) is 4.28. The molecular weight excluding hydrogens is 380 g/mol. The van der Waals surface area contributed by atoms with Crippen LogP contribution in [0.1, 0.15) is 16.8 Å². The van der Waals surface area contributed by atoms with E-state index in [-0.39, 0.29) is 0 Å². The van der Waals surface area contributed by atoms with Gasteiger partial charge in [-0.1, -0.05) is 72.8 Å². The summed E-state index contributed by atoms with van der Waals surface area (Å²) in [5.41, 5.74) is 3.24. The molecule has 0 aliphatic carbocycles. The highest BCUT2D eigenvalue weighted by atomic mass is 16.3. The fourth-order valence-corrected chi connectivity index (χ4v) is 4.28. The molecule has 0 atom stereocenters. The van der Waals surface area contributed by atoms with Gasteiger partial charge >= 0.3 is 0 Å². The van der Waals surface area contributed by atoms with Crippen LogP contribution in [0, 0.1) is 0 Å². The number of aromatic hydroxyl groups is 1. The summed E-state index contributed by atoms with van der Waals surface area (Å²) in [4.78, 5) is 6.90. The van der Waals surface area contributed by atoms with Crippen molar-refractivity contribution in [1.82, 2.24) is 9.88 Å². The molecule has 0 radical (unpaired) electrons. The molecule has 4 aromatic carbocycles. The Kier molecular flexibility index (Phi) is 5.34. The number of aromatic nitrogens is 1. The Morgan fingerprint density at radius 1 is 0.645 bits per heavy atom. The second-order valence-corrected chi connectivity index (χ2v) is 7.89. The summed E-state index contributed by atoms with van der Waals surface area (Å²) < 4.78 is 0. The molecule has 5 aromatic rings. The van der Waals surface area contributed by atoms with Crippen LogP contribution < -0.4 is 0 Å². The highest BCUT2D eigenvalue weighted by molar-refractivity contribution is 6.02. The molecule has 0 bridgehead atoms. The lowest BCUT2D eigenvalue weighted by Gasteiger charge is -2.24. The molecule has 0 aliphatic rings. The maximum atomic E-state index is 10.4. The van der Waals surface area contributed by atoms with Crippen LogP contribution in [0.15, 0.2) is 103 Å². The van der Waals surface area contributed by atoms with Crippen LogP contribution in [0.5, 0.6) is 5.75 Å². The molecule has 0 amide bonds. The number of nitrogens with zero attached hydrogens (tertiary/aromatic N) is 2. The number of benzene rings is 4. The number of phenols is 1. The van der Waals surface area contributed by atoms with Crippen LogP contribution >= 0.6 is 0 Å². The minimum absolute atomic E-state index is 0.330. The highest BCUT2D eigenvalue weighted by Crippen LogP contribution is 2.30. The minimum Gasteiger partial charge on any atom is -0.508 e. The molecule has 0 saturated carbocycles. The molecule has 1 N–H and O–H groups in total. The van der Waals surface area contributed by atoms with Gasteiger partial charge in [-0.15, -0.1) is 0 Å². The molecule has 31 heavy (non-hydrogen) atoms. The second kappa shape index (κ2) is 8.58. The smallest absolute Gasteiger partial charge is 0.120 e. The van der Waals surface area contributed by atoms with E-state index in [1.54, 1.807) is 6.07 Å². The van der Waals surface area contributed by atoms with Crippen molar-refractivity contribution in [2.24, 2.45) is 0 Å². The van der Waals surface area contributed by atoms with Gasteiger partial charge in [0.05, 0.1) is 5.69 Å². The topological polar surface area (TPSA) is 36.4 Å². The predicted octanol–water partition coefficient (Wildman–Crippen LogP) is 6.30. The van der Waals surface area contributed by atoms with Crippen molar-refractivity contribution in [2.75, 3.05) is 0 Å². The summed E-state index contributed by atoms with van der Waals surface area (Å²) >= 11 is 0. The van der Waals surface area contributed by atoms with Gasteiger partial charge in [0.15, 0.2) is 0 Å². The van der Waals surface area contributed by atoms with Crippen LogP contribution in [-0.4, -0.2) is 15.0 Å². The maximum absolute atomic E-state index is 10.4. The monoisotopic (exact) mass is 404 g/mol. The first-order valence-electron chi connectivity index (χ1n) is 10.6. The quantitative estimate of drug-likeness (QED) is 0.338. The standard InChI is InChI=1S/C28H24N2O/c31-28-15-6-3-11-23(28)18-30(19-24-12-7-8-16-29-24)20-27-25-13-4-1-9-21(25)17-22-10-2-5-14-26(22)27/h1-17,31H,18-20H2. The van der Waals surface area contributed by atoms with E-state index in [0.717, 1.165) is 17.8 Å². The van der Waals surface area contributed by atoms with Gasteiger partial charge in [-0.05, 0) is 51.4 Å². The van der Waals surface area contributed by atoms with Crippen LogP contribution in [0.4, 0.5) is 0 Å². The number of rotatable bonds is 6. The Balaban J connectivity index is 1.60. The van der Waals surface area contributed by atoms with E-state index in [9.17, 15) is 5.11 Å². The first-order chi connectivity index (χ1) is 15.3. The van der Waals surface area contributed by atoms with Crippen LogP contribution in [0.25, 0.3) is 21.5 Å². The summed E-state index contributed by atoms with van der Waals surface area (Å²) in [6, 6.07) is 33.0. The molecule has 0 fully saturated rings. The molecule has 0 spiro atoms. The molecule has 1 heterocycles. The van der Waals surface area contributed by atoms with E-state index < -0.39 is 0 Å². The van der Waals surface area contributed by atoms with Gasteiger partial charge in [0.25, 0.3) is 0 Å². The number of pyridine rings is 1. The third-order valence-electron chi connectivity index (χ3n) is 5.76. The highest BCUT2D eigenvalue weighted by Gasteiger charge is 2.15. The van der Waals surface area contributed by atoms with Crippen LogP contribution in [0.3, 0.4) is 0 Å². The number of para-hydroxylation sites is 1. The third kappa shape index (κ3) is 4.14. The van der Waals surface area contributed by atoms with Gasteiger partial charge in [-0.3, -0.25) is 9.88 Å². The first-order valence-corrected chi connectivity index (χ1v) is 10.6. The number of fused-ring (bicyclic) bond motifs is 2. The summed E-state index contributed by atoms with van der Waals surface area (Å²) in [7, 11) is 0. The minimum atomic E-state index is 0.330. The second-order valence-electron chi connectivity index (χ2n) is 7.89. The van der Waals surface area contributed by atoms with Crippen molar-refractivity contribution < 1.29 is 5.11 Å². The molecule has 3 nitrogen and oxygen atoms in total. The van der Waals surface area contributed by atoms with Crippen molar-refractivity contribution in [3.63, 3.8) is 0 Å². The summed E-state index contributed by atoms with van der Waals surface area (Å²) in [5.74, 6) is 0.330. The van der Waals surface area contributed by atoms with Crippen LogP contribution in [0.2, 0.25) is 0 Å². The van der Waals surface area contributed by atoms with Gasteiger partial charge in [-0.25, -0.2) is 0 Å². The SMILES string of the molecule is Oc1ccccc1CN(Cc1ccccn1)Cc1c2ccccc2cc2ccccc12. The van der Waals surface area contributed by atoms with Gasteiger partial charge in [-0.2, -0.15) is 0 Å². The van der Waals surface area contributed by atoms with Crippen LogP contribution in [-0.2, 0) is 19.6 Å². The normalized spacial score (nSPS) is 11.4. The largest absolute Gasteiger partial charge is 0.508 e. The number of phenolic OH excluding ortho intramolecular Hbond substituents is 1. The van der Waals surface area contributed by atoms with Gasteiger partial charge in [0, 0.05) is 31.4 Å². The van der Waals surface area contributed by atoms with E-state index in [2.05, 4.69) is 70.5 Å². The Morgan fingerprint density at radius 2 is 1.29 bits per heavy atom. The van der Waals surface area contributed by atoms with E-state index in [0.29, 0.717) is 18.8 Å². The molecule has 0 aliphatic heterocycles. The maximum Gasteiger partial charge on any atom is 0.120 e. The number of hydrogen-bond donors (Lipinski definition) is 1. The Bertz CT molecular complexity index is 1280. The predicted molar refractivity (Wildman–Crippen MR) is 127 cm³/mol. The Labute approximate surface area is 182 Å². The summed E-state index contributed by atoms with van der Waals surface area (Å²) in [6.45, 7) is 2.10. The molecule has 3 heteroatoms. The lowest BCUT2D eigenvalue weighted by molar-refractivity contribution is 0.243. The van der Waals surface area contributed by atoms with Gasteiger partial charge < -0.3 is 5.11 Å². The zero-order chi connectivity index (χ0) is 21.0. The van der Waals surface area contributed by atoms with E-state index in [1.807, 2.05) is 36.5 Å². The van der Waals surface area contributed by atoms with Gasteiger partial charge in [0.2, 0.25) is 0 Å². The average molecular weight is 405 g/mol. The molecule has 5 rings (SSSR count). The summed E-state index contributed by atoms with van der Waals surface area (Å²) in [5, 5.41) is 15.4. The van der Waals surface area contributed by atoms with E-state index in [4.69, 9.17) is 0 Å². The van der Waals surface area contributed by atoms with Gasteiger partial charge in [0.1, 0.15) is 5.75 Å². The number of hydrogen-bond acceptors (Lipinski definition) is 3. The molecular formula is C28H24N2O. The fraction of sp³-hybridized carbons (Fsp3) is 0.107. The Morgan fingerprint density at radius 3 is 1.97 bits per heavy atom. The van der Waals surface area contributed by atoms with Crippen molar-refractivity contribution in [2.45, 2.75) is 19.6 Å². The molecule has 152 valence electrons. The molecule has 0 saturated heterocycles. The molecule has 0 unspecified atom stereocenters. The van der Waals surface area contributed by atoms with Crippen molar-refractivity contribution in [3.05, 3.63) is 120 Å². The first kappa shape index (κ1) is 19.3. The zero-order valence-corrected chi connectivity index (χ0v) is 17.3. The van der Waals surface area contributed by atoms with Crippen molar-refractivity contribution in [3.8, 4) is 5.75 Å². The lowest BCUT2D eigenvalue weighted by Crippen LogP contribution is -2.23. The Hall–Kier alpha value is -3.69. The van der Waals surface area contributed by atoms with E-state index in [1.165, 1.54) is 27.1 Å². The van der Waals surface area contributed by atoms with Crippen molar-refractivity contribution in [1.29, 1.82) is 0 Å². The molecule has 1 aromatic heterocycles.